The van der Waals surface area contributed by atoms with Crippen molar-refractivity contribution in [1.82, 2.24) is 9.62 Å². The lowest BCUT2D eigenvalue weighted by molar-refractivity contribution is -0.0222. The maximum Gasteiger partial charge on any atom is 0.240 e. The number of ether oxygens (including phenoxy) is 1. The normalized spacial score (nSPS) is 21.0. The molecule has 112 valence electrons. The molecule has 5 nitrogen and oxygen atoms in total. The van der Waals surface area contributed by atoms with E-state index in [1.165, 1.54) is 12.1 Å². The predicted molar refractivity (Wildman–Crippen MR) is 73.4 cm³/mol. The van der Waals surface area contributed by atoms with E-state index in [1.54, 1.807) is 0 Å². The average molecular weight is 302 g/mol. The van der Waals surface area contributed by atoms with Crippen molar-refractivity contribution in [1.29, 1.82) is 0 Å². The number of sulfonamides is 1. The fourth-order valence-electron chi connectivity index (χ4n) is 2.09. The molecule has 1 atom stereocenters. The Morgan fingerprint density at radius 1 is 1.40 bits per heavy atom. The number of hydrogen-bond donors (Lipinski definition) is 1. The highest BCUT2D eigenvalue weighted by Crippen LogP contribution is 2.10. The van der Waals surface area contributed by atoms with Gasteiger partial charge in [0.05, 0.1) is 17.6 Å². The summed E-state index contributed by atoms with van der Waals surface area (Å²) in [5.41, 5.74) is 0. The number of morpholine rings is 1. The van der Waals surface area contributed by atoms with Crippen LogP contribution in [0.3, 0.4) is 0 Å². The quantitative estimate of drug-likeness (QED) is 0.875. The summed E-state index contributed by atoms with van der Waals surface area (Å²) in [6.07, 6.45) is 0.662. The molecule has 1 unspecified atom stereocenters. The number of likely N-dealkylation sites (N-methyl/N-ethyl adjacent to an activating group) is 1. The Kier molecular flexibility index (Phi) is 5.09. The van der Waals surface area contributed by atoms with Gasteiger partial charge in [0.15, 0.2) is 0 Å². The van der Waals surface area contributed by atoms with Crippen LogP contribution in [0.15, 0.2) is 29.2 Å². The molecule has 20 heavy (non-hydrogen) atoms. The lowest BCUT2D eigenvalue weighted by Crippen LogP contribution is -2.41. The first-order valence-corrected chi connectivity index (χ1v) is 8.01. The largest absolute Gasteiger partial charge is 0.376 e. The number of nitrogens with one attached hydrogen (secondary N) is 1. The Balaban J connectivity index is 1.85. The summed E-state index contributed by atoms with van der Waals surface area (Å²) in [6, 6.07) is 4.77. The first kappa shape index (κ1) is 15.4. The lowest BCUT2D eigenvalue weighted by Gasteiger charge is -2.30. The molecule has 1 aromatic rings. The van der Waals surface area contributed by atoms with Crippen molar-refractivity contribution in [2.24, 2.45) is 0 Å². The molecule has 0 bridgehead atoms. The topological polar surface area (TPSA) is 58.6 Å². The van der Waals surface area contributed by atoms with Crippen molar-refractivity contribution in [3.05, 3.63) is 30.1 Å². The third-order valence-corrected chi connectivity index (χ3v) is 4.70. The SMILES string of the molecule is CN1CCOC(CCNS(=O)(=O)c2ccc(F)cc2)C1. The van der Waals surface area contributed by atoms with Crippen LogP contribution in [0.25, 0.3) is 0 Å². The van der Waals surface area contributed by atoms with Crippen LogP contribution in [-0.4, -0.2) is 52.7 Å². The van der Waals surface area contributed by atoms with Gasteiger partial charge in [-0.2, -0.15) is 0 Å². The number of benzene rings is 1. The molecule has 1 aliphatic rings. The van der Waals surface area contributed by atoms with Crippen molar-refractivity contribution in [2.75, 3.05) is 33.3 Å². The number of hydrogen-bond acceptors (Lipinski definition) is 4. The molecule has 1 aliphatic heterocycles. The van der Waals surface area contributed by atoms with Gasteiger partial charge in [0, 0.05) is 19.6 Å². The minimum Gasteiger partial charge on any atom is -0.376 e. The van der Waals surface area contributed by atoms with Gasteiger partial charge >= 0.3 is 0 Å². The first-order valence-electron chi connectivity index (χ1n) is 6.53. The van der Waals surface area contributed by atoms with Gasteiger partial charge in [-0.1, -0.05) is 0 Å². The van der Waals surface area contributed by atoms with E-state index < -0.39 is 15.8 Å². The van der Waals surface area contributed by atoms with E-state index in [2.05, 4.69) is 9.62 Å². The molecule has 0 saturated carbocycles. The Morgan fingerprint density at radius 3 is 2.75 bits per heavy atom. The minimum absolute atomic E-state index is 0.0460. The molecule has 1 saturated heterocycles. The molecule has 0 aliphatic carbocycles. The molecular formula is C13H19FN2O3S. The Labute approximate surface area is 118 Å². The van der Waals surface area contributed by atoms with Gasteiger partial charge in [0.2, 0.25) is 10.0 Å². The summed E-state index contributed by atoms with van der Waals surface area (Å²) in [5, 5.41) is 0. The van der Waals surface area contributed by atoms with E-state index in [4.69, 9.17) is 4.74 Å². The van der Waals surface area contributed by atoms with Crippen LogP contribution in [-0.2, 0) is 14.8 Å². The fraction of sp³-hybridized carbons (Fsp3) is 0.538. The van der Waals surface area contributed by atoms with Crippen LogP contribution in [0.2, 0.25) is 0 Å². The zero-order chi connectivity index (χ0) is 14.6. The summed E-state index contributed by atoms with van der Waals surface area (Å²) in [6.45, 7) is 2.68. The summed E-state index contributed by atoms with van der Waals surface area (Å²) >= 11 is 0. The van der Waals surface area contributed by atoms with Gasteiger partial charge in [0.25, 0.3) is 0 Å². The van der Waals surface area contributed by atoms with Crippen LogP contribution >= 0.6 is 0 Å². The van der Waals surface area contributed by atoms with Crippen LogP contribution in [0.5, 0.6) is 0 Å². The molecule has 0 radical (unpaired) electrons. The summed E-state index contributed by atoms with van der Waals surface area (Å²) in [4.78, 5) is 2.23. The molecule has 1 aromatic carbocycles. The Hall–Kier alpha value is -1.02. The number of rotatable bonds is 5. The van der Waals surface area contributed by atoms with Crippen molar-refractivity contribution in [3.8, 4) is 0 Å². The monoisotopic (exact) mass is 302 g/mol. The second-order valence-electron chi connectivity index (χ2n) is 4.90. The maximum atomic E-state index is 12.8. The van der Waals surface area contributed by atoms with Gasteiger partial charge in [0.1, 0.15) is 5.82 Å². The van der Waals surface area contributed by atoms with Crippen molar-refractivity contribution >= 4 is 10.0 Å². The second-order valence-corrected chi connectivity index (χ2v) is 6.66. The van der Waals surface area contributed by atoms with E-state index in [0.29, 0.717) is 19.6 Å². The van der Waals surface area contributed by atoms with Crippen LogP contribution in [0.1, 0.15) is 6.42 Å². The highest BCUT2D eigenvalue weighted by atomic mass is 32.2. The fourth-order valence-corrected chi connectivity index (χ4v) is 3.14. The van der Waals surface area contributed by atoms with Gasteiger partial charge < -0.3 is 9.64 Å². The van der Waals surface area contributed by atoms with Crippen molar-refractivity contribution in [2.45, 2.75) is 17.4 Å². The highest BCUT2D eigenvalue weighted by molar-refractivity contribution is 7.89. The van der Waals surface area contributed by atoms with Gasteiger partial charge in [-0.15, -0.1) is 0 Å². The number of nitrogens with zero attached hydrogens (tertiary/aromatic N) is 1. The zero-order valence-corrected chi connectivity index (χ0v) is 12.2. The van der Waals surface area contributed by atoms with E-state index in [0.717, 1.165) is 25.2 Å². The van der Waals surface area contributed by atoms with Crippen LogP contribution < -0.4 is 4.72 Å². The standard InChI is InChI=1S/C13H19FN2O3S/c1-16-8-9-19-12(10-16)6-7-15-20(17,18)13-4-2-11(14)3-5-13/h2-5,12,15H,6-10H2,1H3. The Bertz CT molecular complexity index is 533. The second kappa shape index (κ2) is 6.62. The average Bonchev–Trinajstić information content (AvgIpc) is 2.39. The third kappa shape index (κ3) is 4.24. The molecule has 1 N–H and O–H groups in total. The van der Waals surface area contributed by atoms with Gasteiger partial charge in [-0.3, -0.25) is 0 Å². The zero-order valence-electron chi connectivity index (χ0n) is 11.4. The highest BCUT2D eigenvalue weighted by Gasteiger charge is 2.19. The summed E-state index contributed by atoms with van der Waals surface area (Å²) in [7, 11) is -1.57. The first-order chi connectivity index (χ1) is 9.47. The smallest absolute Gasteiger partial charge is 0.240 e. The molecule has 1 fully saturated rings. The van der Waals surface area contributed by atoms with E-state index in [-0.39, 0.29) is 11.0 Å². The minimum atomic E-state index is -3.58. The lowest BCUT2D eigenvalue weighted by atomic mass is 10.2. The number of halogens is 1. The summed E-state index contributed by atoms with van der Waals surface area (Å²) < 4.78 is 44.8. The molecule has 2 rings (SSSR count). The molecule has 7 heteroatoms. The Morgan fingerprint density at radius 2 is 2.10 bits per heavy atom. The molecular weight excluding hydrogens is 283 g/mol. The van der Waals surface area contributed by atoms with E-state index in [1.807, 2.05) is 7.05 Å². The van der Waals surface area contributed by atoms with Crippen LogP contribution in [0.4, 0.5) is 4.39 Å². The maximum absolute atomic E-state index is 12.8. The van der Waals surface area contributed by atoms with E-state index in [9.17, 15) is 12.8 Å². The molecule has 1 heterocycles. The summed E-state index contributed by atoms with van der Waals surface area (Å²) in [5.74, 6) is -0.456. The van der Waals surface area contributed by atoms with Gasteiger partial charge in [-0.05, 0) is 37.7 Å². The van der Waals surface area contributed by atoms with Gasteiger partial charge in [-0.25, -0.2) is 17.5 Å². The molecule has 0 amide bonds. The van der Waals surface area contributed by atoms with E-state index >= 15 is 0 Å². The van der Waals surface area contributed by atoms with Crippen LogP contribution in [0, 0.1) is 5.82 Å². The van der Waals surface area contributed by atoms with Crippen molar-refractivity contribution < 1.29 is 17.5 Å². The third-order valence-electron chi connectivity index (χ3n) is 3.22. The molecule has 0 aromatic heterocycles. The predicted octanol–water partition coefficient (Wildman–Crippen LogP) is 0.825. The molecule has 0 spiro atoms. The van der Waals surface area contributed by atoms with Crippen molar-refractivity contribution in [3.63, 3.8) is 0 Å².